The van der Waals surface area contributed by atoms with Gasteiger partial charge in [0.2, 0.25) is 0 Å². The van der Waals surface area contributed by atoms with Crippen LogP contribution < -0.4 is 10.5 Å². The van der Waals surface area contributed by atoms with Crippen molar-refractivity contribution in [3.05, 3.63) is 41.6 Å². The maximum atomic E-state index is 5.57. The lowest BCUT2D eigenvalue weighted by molar-refractivity contribution is 0.302. The molecule has 3 nitrogen and oxygen atoms in total. The molecule has 0 amide bonds. The van der Waals surface area contributed by atoms with Crippen LogP contribution in [0.3, 0.4) is 0 Å². The monoisotopic (exact) mass is 220 g/mol. The van der Waals surface area contributed by atoms with Crippen LogP contribution in [0.25, 0.3) is 0 Å². The number of ether oxygens (including phenoxy) is 1. The second kappa shape index (κ2) is 4.31. The number of nitrogens with zero attached hydrogens (tertiary/aromatic N) is 1. The minimum atomic E-state index is 0.469. The molecule has 0 bridgehead atoms. The Morgan fingerprint density at radius 1 is 1.40 bits per heavy atom. The molecule has 0 aliphatic carbocycles. The van der Waals surface area contributed by atoms with Gasteiger partial charge in [-0.1, -0.05) is 12.1 Å². The molecule has 2 N–H and O–H groups in total. The summed E-state index contributed by atoms with van der Waals surface area (Å²) in [4.78, 5) is 0. The zero-order chi connectivity index (χ0) is 10.7. The molecule has 0 radical (unpaired) electrons. The first kappa shape index (κ1) is 9.98. The molecule has 0 atom stereocenters. The minimum absolute atomic E-state index is 0.469. The van der Waals surface area contributed by atoms with E-state index >= 15 is 0 Å². The molecule has 1 heterocycles. The maximum absolute atomic E-state index is 5.57. The first-order valence-corrected chi connectivity index (χ1v) is 5.42. The Hall–Kier alpha value is -1.55. The fourth-order valence-electron chi connectivity index (χ4n) is 1.26. The Balaban J connectivity index is 1.99. The van der Waals surface area contributed by atoms with Gasteiger partial charge in [-0.2, -0.15) is 4.37 Å². The Kier molecular flexibility index (Phi) is 2.87. The van der Waals surface area contributed by atoms with Crippen molar-refractivity contribution >= 4 is 16.5 Å². The van der Waals surface area contributed by atoms with Crippen molar-refractivity contribution in [3.8, 4) is 5.75 Å². The first-order valence-electron chi connectivity index (χ1n) is 4.64. The SMILES string of the molecule is Cc1cccc(OCc2cc(N)sn2)c1. The summed E-state index contributed by atoms with van der Waals surface area (Å²) >= 11 is 1.29. The molecule has 2 aromatic rings. The number of hydrogen-bond donors (Lipinski definition) is 1. The summed E-state index contributed by atoms with van der Waals surface area (Å²) in [6.45, 7) is 2.50. The first-order chi connectivity index (χ1) is 7.24. The van der Waals surface area contributed by atoms with Gasteiger partial charge >= 0.3 is 0 Å². The Morgan fingerprint density at radius 3 is 2.93 bits per heavy atom. The highest BCUT2D eigenvalue weighted by molar-refractivity contribution is 7.09. The van der Waals surface area contributed by atoms with Crippen LogP contribution in [0.5, 0.6) is 5.75 Å². The average molecular weight is 220 g/mol. The van der Waals surface area contributed by atoms with E-state index in [1.807, 2.05) is 37.3 Å². The van der Waals surface area contributed by atoms with Crippen LogP contribution in [-0.2, 0) is 6.61 Å². The van der Waals surface area contributed by atoms with Gasteiger partial charge in [-0.05, 0) is 42.2 Å². The summed E-state index contributed by atoms with van der Waals surface area (Å²) in [7, 11) is 0. The number of hydrogen-bond acceptors (Lipinski definition) is 4. The predicted octanol–water partition coefficient (Wildman–Crippen LogP) is 2.61. The Bertz CT molecular complexity index is 453. The summed E-state index contributed by atoms with van der Waals surface area (Å²) in [5.41, 5.74) is 7.63. The van der Waals surface area contributed by atoms with E-state index in [-0.39, 0.29) is 0 Å². The third kappa shape index (κ3) is 2.70. The number of aryl methyl sites for hydroxylation is 1. The van der Waals surface area contributed by atoms with Crippen molar-refractivity contribution in [2.24, 2.45) is 0 Å². The van der Waals surface area contributed by atoms with Crippen molar-refractivity contribution in [1.82, 2.24) is 4.37 Å². The molecule has 78 valence electrons. The summed E-state index contributed by atoms with van der Waals surface area (Å²) in [6.07, 6.45) is 0. The van der Waals surface area contributed by atoms with Crippen molar-refractivity contribution < 1.29 is 4.74 Å². The maximum Gasteiger partial charge on any atom is 0.131 e. The van der Waals surface area contributed by atoms with E-state index < -0.39 is 0 Å². The number of rotatable bonds is 3. The van der Waals surface area contributed by atoms with Crippen LogP contribution in [0, 0.1) is 6.92 Å². The lowest BCUT2D eigenvalue weighted by Gasteiger charge is -2.04. The summed E-state index contributed by atoms with van der Waals surface area (Å²) in [5.74, 6) is 0.863. The lowest BCUT2D eigenvalue weighted by atomic mass is 10.2. The van der Waals surface area contributed by atoms with Gasteiger partial charge in [0.05, 0.1) is 5.69 Å². The summed E-state index contributed by atoms with van der Waals surface area (Å²) in [5, 5.41) is 0.720. The number of nitrogen functional groups attached to an aromatic ring is 1. The quantitative estimate of drug-likeness (QED) is 0.865. The molecule has 4 heteroatoms. The van der Waals surface area contributed by atoms with Gasteiger partial charge in [0.25, 0.3) is 0 Å². The van der Waals surface area contributed by atoms with E-state index in [1.54, 1.807) is 0 Å². The molecular weight excluding hydrogens is 208 g/mol. The van der Waals surface area contributed by atoms with Crippen LogP contribution in [0.15, 0.2) is 30.3 Å². The second-order valence-corrected chi connectivity index (χ2v) is 4.16. The zero-order valence-corrected chi connectivity index (χ0v) is 9.25. The zero-order valence-electron chi connectivity index (χ0n) is 8.43. The van der Waals surface area contributed by atoms with Gasteiger partial charge < -0.3 is 10.5 Å². The lowest BCUT2D eigenvalue weighted by Crippen LogP contribution is -1.95. The van der Waals surface area contributed by atoms with Crippen molar-refractivity contribution in [2.45, 2.75) is 13.5 Å². The van der Waals surface area contributed by atoms with Crippen LogP contribution in [0.4, 0.5) is 5.00 Å². The molecule has 0 spiro atoms. The van der Waals surface area contributed by atoms with Crippen LogP contribution in [-0.4, -0.2) is 4.37 Å². The van der Waals surface area contributed by atoms with Gasteiger partial charge in [0.15, 0.2) is 0 Å². The summed E-state index contributed by atoms with van der Waals surface area (Å²) in [6, 6.07) is 9.77. The standard InChI is InChI=1S/C11H12N2OS/c1-8-3-2-4-10(5-8)14-7-9-6-11(12)15-13-9/h2-6H,7,12H2,1H3. The normalized spacial score (nSPS) is 10.2. The predicted molar refractivity (Wildman–Crippen MR) is 62.0 cm³/mol. The second-order valence-electron chi connectivity index (χ2n) is 3.33. The van der Waals surface area contributed by atoms with E-state index in [2.05, 4.69) is 4.37 Å². The molecule has 0 aliphatic rings. The molecule has 0 saturated heterocycles. The number of benzene rings is 1. The smallest absolute Gasteiger partial charge is 0.131 e. The van der Waals surface area contributed by atoms with Gasteiger partial charge in [-0.25, -0.2) is 0 Å². The Morgan fingerprint density at radius 2 is 2.27 bits per heavy atom. The molecule has 1 aromatic heterocycles. The highest BCUT2D eigenvalue weighted by atomic mass is 32.1. The third-order valence-corrected chi connectivity index (χ3v) is 2.61. The van der Waals surface area contributed by atoms with E-state index in [0.717, 1.165) is 16.4 Å². The highest BCUT2D eigenvalue weighted by Gasteiger charge is 2.00. The van der Waals surface area contributed by atoms with Gasteiger partial charge in [0, 0.05) is 0 Å². The fourth-order valence-corrected chi connectivity index (χ4v) is 1.78. The molecule has 15 heavy (non-hydrogen) atoms. The van der Waals surface area contributed by atoms with E-state index in [9.17, 15) is 0 Å². The van der Waals surface area contributed by atoms with Gasteiger partial charge in [0.1, 0.15) is 17.4 Å². The van der Waals surface area contributed by atoms with E-state index in [1.165, 1.54) is 17.1 Å². The van der Waals surface area contributed by atoms with Crippen LogP contribution in [0.1, 0.15) is 11.3 Å². The number of nitrogens with two attached hydrogens (primary N) is 1. The van der Waals surface area contributed by atoms with E-state index in [0.29, 0.717) is 6.61 Å². The molecule has 0 aliphatic heterocycles. The average Bonchev–Trinajstić information content (AvgIpc) is 2.62. The van der Waals surface area contributed by atoms with Gasteiger partial charge in [-0.15, -0.1) is 0 Å². The molecule has 0 fully saturated rings. The van der Waals surface area contributed by atoms with Crippen LogP contribution in [0.2, 0.25) is 0 Å². The third-order valence-electron chi connectivity index (χ3n) is 1.95. The Labute approximate surface area is 92.7 Å². The van der Waals surface area contributed by atoms with Gasteiger partial charge in [-0.3, -0.25) is 0 Å². The topological polar surface area (TPSA) is 48.1 Å². The largest absolute Gasteiger partial charge is 0.487 e. The molecule has 0 unspecified atom stereocenters. The summed E-state index contributed by atoms with van der Waals surface area (Å²) < 4.78 is 9.72. The highest BCUT2D eigenvalue weighted by Crippen LogP contribution is 2.16. The fraction of sp³-hybridized carbons (Fsp3) is 0.182. The molecular formula is C11H12N2OS. The number of anilines is 1. The van der Waals surface area contributed by atoms with E-state index in [4.69, 9.17) is 10.5 Å². The van der Waals surface area contributed by atoms with Crippen molar-refractivity contribution in [1.29, 1.82) is 0 Å². The molecule has 1 aromatic carbocycles. The van der Waals surface area contributed by atoms with Crippen molar-refractivity contribution in [3.63, 3.8) is 0 Å². The number of aromatic nitrogens is 1. The molecule has 2 rings (SSSR count). The minimum Gasteiger partial charge on any atom is -0.487 e. The molecule has 0 saturated carbocycles. The van der Waals surface area contributed by atoms with Crippen LogP contribution >= 0.6 is 11.5 Å². The van der Waals surface area contributed by atoms with Crippen molar-refractivity contribution in [2.75, 3.05) is 5.73 Å².